The first-order chi connectivity index (χ1) is 27.2. The summed E-state index contributed by atoms with van der Waals surface area (Å²) in [7, 11) is 0. The lowest BCUT2D eigenvalue weighted by Gasteiger charge is -2.49. The SMILES string of the molecule is CC1C(OC(=O)CCCCCCCCC(=O)OC2C(C)C(c3ccccc3)N(O)C(c3ccccc3)C2C)C(C)C(c2ccccc2)N(O)C1c1ccccc1. The van der Waals surface area contributed by atoms with Gasteiger partial charge < -0.3 is 19.9 Å². The number of benzene rings is 4. The van der Waals surface area contributed by atoms with Crippen LogP contribution in [0.3, 0.4) is 0 Å². The van der Waals surface area contributed by atoms with Gasteiger partial charge in [0.1, 0.15) is 12.2 Å². The van der Waals surface area contributed by atoms with Crippen molar-refractivity contribution in [3.05, 3.63) is 144 Å². The lowest BCUT2D eigenvalue weighted by molar-refractivity contribution is -0.242. The first-order valence-corrected chi connectivity index (χ1v) is 20.7. The van der Waals surface area contributed by atoms with Crippen LogP contribution in [-0.4, -0.2) is 44.7 Å². The molecular weight excluding hydrogens is 701 g/mol. The molecule has 56 heavy (non-hydrogen) atoms. The van der Waals surface area contributed by atoms with E-state index in [-0.39, 0.29) is 72.0 Å². The number of unbranched alkanes of at least 4 members (excludes halogenated alkanes) is 5. The molecule has 8 heteroatoms. The van der Waals surface area contributed by atoms with Crippen molar-refractivity contribution in [2.24, 2.45) is 23.7 Å². The Morgan fingerprint density at radius 2 is 0.661 bits per heavy atom. The summed E-state index contributed by atoms with van der Waals surface area (Å²) in [4.78, 5) is 26.5. The Bertz CT molecular complexity index is 1550. The number of hydroxylamine groups is 4. The molecule has 0 bridgehead atoms. The van der Waals surface area contributed by atoms with E-state index in [1.165, 1.54) is 10.1 Å². The van der Waals surface area contributed by atoms with Gasteiger partial charge in [-0.15, -0.1) is 0 Å². The van der Waals surface area contributed by atoms with Gasteiger partial charge in [-0.05, 0) is 35.1 Å². The van der Waals surface area contributed by atoms with Gasteiger partial charge in [-0.3, -0.25) is 9.59 Å². The van der Waals surface area contributed by atoms with Gasteiger partial charge in [-0.2, -0.15) is 10.1 Å². The van der Waals surface area contributed by atoms with E-state index < -0.39 is 0 Å². The highest BCUT2D eigenvalue weighted by Crippen LogP contribution is 2.49. The third-order valence-electron chi connectivity index (χ3n) is 12.3. The van der Waals surface area contributed by atoms with Gasteiger partial charge in [0, 0.05) is 36.5 Å². The molecule has 2 aliphatic heterocycles. The number of esters is 2. The molecule has 0 amide bonds. The van der Waals surface area contributed by atoms with Gasteiger partial charge in [0.25, 0.3) is 0 Å². The van der Waals surface area contributed by atoms with E-state index in [9.17, 15) is 20.0 Å². The molecule has 2 N–H and O–H groups in total. The summed E-state index contributed by atoms with van der Waals surface area (Å²) >= 11 is 0. The number of ether oxygens (including phenoxy) is 2. The Morgan fingerprint density at radius 1 is 0.429 bits per heavy atom. The molecule has 2 aliphatic rings. The summed E-state index contributed by atoms with van der Waals surface area (Å²) in [6, 6.07) is 38.6. The molecule has 4 aromatic rings. The molecule has 2 fully saturated rings. The van der Waals surface area contributed by atoms with Crippen LogP contribution in [0.15, 0.2) is 121 Å². The fourth-order valence-corrected chi connectivity index (χ4v) is 9.51. The lowest BCUT2D eigenvalue weighted by Crippen LogP contribution is -2.51. The largest absolute Gasteiger partial charge is 0.462 e. The van der Waals surface area contributed by atoms with Gasteiger partial charge in [-0.1, -0.05) is 175 Å². The molecule has 8 unspecified atom stereocenters. The average molecular weight is 761 g/mol. The highest BCUT2D eigenvalue weighted by Gasteiger charge is 2.49. The van der Waals surface area contributed by atoms with Crippen molar-refractivity contribution in [1.82, 2.24) is 10.1 Å². The molecule has 8 atom stereocenters. The topological polar surface area (TPSA) is 99.5 Å². The maximum atomic E-state index is 13.2. The average Bonchev–Trinajstić information content (AvgIpc) is 3.21. The van der Waals surface area contributed by atoms with E-state index in [1.807, 2.05) is 121 Å². The van der Waals surface area contributed by atoms with E-state index in [2.05, 4.69) is 27.7 Å². The van der Waals surface area contributed by atoms with Crippen LogP contribution in [0.5, 0.6) is 0 Å². The minimum Gasteiger partial charge on any atom is -0.462 e. The van der Waals surface area contributed by atoms with Crippen molar-refractivity contribution in [2.45, 2.75) is 115 Å². The summed E-state index contributed by atoms with van der Waals surface area (Å²) < 4.78 is 12.5. The fraction of sp³-hybridized carbons (Fsp3) is 0.458. The fourth-order valence-electron chi connectivity index (χ4n) is 9.51. The van der Waals surface area contributed by atoms with E-state index >= 15 is 0 Å². The summed E-state index contributed by atoms with van der Waals surface area (Å²) in [5.74, 6) is -0.841. The van der Waals surface area contributed by atoms with Crippen molar-refractivity contribution in [2.75, 3.05) is 0 Å². The number of piperidine rings is 2. The summed E-state index contributed by atoms with van der Waals surface area (Å²) in [6.07, 6.45) is 5.28. The van der Waals surface area contributed by atoms with Crippen LogP contribution >= 0.6 is 0 Å². The first-order valence-electron chi connectivity index (χ1n) is 20.7. The first kappa shape index (κ1) is 41.3. The third kappa shape index (κ3) is 9.60. The number of hydrogen-bond acceptors (Lipinski definition) is 8. The molecule has 8 nitrogen and oxygen atoms in total. The van der Waals surface area contributed by atoms with Gasteiger partial charge in [0.15, 0.2) is 0 Å². The second-order valence-corrected chi connectivity index (χ2v) is 16.1. The molecule has 4 aromatic carbocycles. The smallest absolute Gasteiger partial charge is 0.306 e. The minimum absolute atomic E-state index is 0.113. The highest BCUT2D eigenvalue weighted by molar-refractivity contribution is 5.70. The van der Waals surface area contributed by atoms with Gasteiger partial charge in [-0.25, -0.2) is 0 Å². The molecule has 0 saturated carbocycles. The minimum atomic E-state index is -0.350. The summed E-state index contributed by atoms with van der Waals surface area (Å²) in [5, 5.41) is 26.1. The predicted molar refractivity (Wildman–Crippen MR) is 217 cm³/mol. The summed E-state index contributed by atoms with van der Waals surface area (Å²) in [5.41, 5.74) is 3.98. The second-order valence-electron chi connectivity index (χ2n) is 16.1. The van der Waals surface area contributed by atoms with E-state index in [0.29, 0.717) is 12.8 Å². The Morgan fingerprint density at radius 3 is 0.911 bits per heavy atom. The lowest BCUT2D eigenvalue weighted by atomic mass is 9.74. The standard InChI is InChI=1S/C48H60N2O6/c1-33-43(37-23-13-9-14-24-37)49(53)44(38-25-15-10-16-26-38)34(2)47(33)55-41(51)31-21-7-5-6-8-22-32-42(52)56-48-35(3)45(39-27-17-11-18-28-39)50(54)46(36(48)4)40-29-19-12-20-30-40/h9-20,23-30,33-36,43-48,53-54H,5-8,21-22,31-32H2,1-4H3. The van der Waals surface area contributed by atoms with Gasteiger partial charge in [0.2, 0.25) is 0 Å². The van der Waals surface area contributed by atoms with Crippen molar-refractivity contribution in [1.29, 1.82) is 0 Å². The molecule has 2 saturated heterocycles. The van der Waals surface area contributed by atoms with Gasteiger partial charge >= 0.3 is 11.9 Å². The number of hydrogen-bond donors (Lipinski definition) is 2. The van der Waals surface area contributed by atoms with Gasteiger partial charge in [0.05, 0.1) is 24.2 Å². The monoisotopic (exact) mass is 760 g/mol. The van der Waals surface area contributed by atoms with Crippen LogP contribution in [-0.2, 0) is 19.1 Å². The molecule has 0 radical (unpaired) electrons. The van der Waals surface area contributed by atoms with E-state index in [1.54, 1.807) is 0 Å². The number of carbonyl (C=O) groups excluding carboxylic acids is 2. The molecule has 298 valence electrons. The van der Waals surface area contributed by atoms with E-state index in [0.717, 1.165) is 60.8 Å². The van der Waals surface area contributed by atoms with E-state index in [4.69, 9.17) is 9.47 Å². The van der Waals surface area contributed by atoms with Crippen molar-refractivity contribution in [3.8, 4) is 0 Å². The maximum Gasteiger partial charge on any atom is 0.306 e. The molecule has 6 rings (SSSR count). The summed E-state index contributed by atoms with van der Waals surface area (Å²) in [6.45, 7) is 8.25. The van der Waals surface area contributed by atoms with Crippen LogP contribution in [0.25, 0.3) is 0 Å². The quantitative estimate of drug-likeness (QED) is 0.0913. The van der Waals surface area contributed by atoms with Crippen LogP contribution in [0.4, 0.5) is 0 Å². The van der Waals surface area contributed by atoms with Crippen molar-refractivity contribution in [3.63, 3.8) is 0 Å². The van der Waals surface area contributed by atoms with Crippen LogP contribution in [0.2, 0.25) is 0 Å². The zero-order chi connectivity index (χ0) is 39.6. The van der Waals surface area contributed by atoms with Crippen LogP contribution in [0.1, 0.15) is 125 Å². The maximum absolute atomic E-state index is 13.2. The Labute approximate surface area is 333 Å². The highest BCUT2D eigenvalue weighted by atomic mass is 16.6. The normalized spacial score (nSPS) is 28.4. The van der Waals surface area contributed by atoms with Crippen LogP contribution < -0.4 is 0 Å². The second kappa shape index (κ2) is 19.7. The molecule has 0 spiro atoms. The van der Waals surface area contributed by atoms with Crippen molar-refractivity contribution < 1.29 is 29.5 Å². The number of nitrogens with zero attached hydrogens (tertiary/aromatic N) is 2. The zero-order valence-corrected chi connectivity index (χ0v) is 33.4. The van der Waals surface area contributed by atoms with Crippen LogP contribution in [0, 0.1) is 23.7 Å². The Hall–Kier alpha value is -4.34. The third-order valence-corrected chi connectivity index (χ3v) is 12.3. The molecular formula is C48H60N2O6. The zero-order valence-electron chi connectivity index (χ0n) is 33.4. The van der Waals surface area contributed by atoms with Crippen molar-refractivity contribution >= 4 is 11.9 Å². The molecule has 0 aromatic heterocycles. The predicted octanol–water partition coefficient (Wildman–Crippen LogP) is 10.8. The molecule has 2 heterocycles. The molecule has 0 aliphatic carbocycles. The number of carbonyl (C=O) groups is 2. The number of rotatable bonds is 15. The Kier molecular flexibility index (Phi) is 14.5. The Balaban J connectivity index is 0.950.